The maximum absolute atomic E-state index is 3.92. The maximum atomic E-state index is 3.92. The maximum Gasteiger partial charge on any atom is 0.0184 e. The third kappa shape index (κ3) is 1.10. The summed E-state index contributed by atoms with van der Waals surface area (Å²) < 4.78 is 0. The molecule has 0 spiro atoms. The average molecular weight is 167 g/mol. The Labute approximate surface area is 75.9 Å². The first kappa shape index (κ1) is 8.55. The van der Waals surface area contributed by atoms with E-state index in [2.05, 4.69) is 19.2 Å². The lowest BCUT2D eigenvalue weighted by atomic mass is 9.84. The van der Waals surface area contributed by atoms with Gasteiger partial charge in [0.2, 0.25) is 0 Å². The van der Waals surface area contributed by atoms with Crippen LogP contribution in [-0.2, 0) is 0 Å². The third-order valence-corrected chi connectivity index (χ3v) is 4.28. The Morgan fingerprint density at radius 3 is 1.83 bits per heavy atom. The zero-order valence-corrected chi connectivity index (χ0v) is 8.45. The molecule has 0 unspecified atom stereocenters. The predicted molar refractivity (Wildman–Crippen MR) is 52.3 cm³/mol. The molecule has 0 aromatic rings. The molecule has 1 nitrogen and oxygen atoms in total. The minimum absolute atomic E-state index is 0.550. The summed E-state index contributed by atoms with van der Waals surface area (Å²) in [5.41, 5.74) is 1.10. The van der Waals surface area contributed by atoms with Crippen LogP contribution in [0.25, 0.3) is 0 Å². The Hall–Kier alpha value is -0.0400. The van der Waals surface area contributed by atoms with Gasteiger partial charge in [-0.1, -0.05) is 13.8 Å². The molecule has 2 bridgehead atoms. The summed E-state index contributed by atoms with van der Waals surface area (Å²) in [6.45, 7) is 4.67. The minimum atomic E-state index is 0.550. The summed E-state index contributed by atoms with van der Waals surface area (Å²) in [6.07, 6.45) is 9.81. The van der Waals surface area contributed by atoms with Crippen molar-refractivity contribution in [1.29, 1.82) is 0 Å². The van der Waals surface area contributed by atoms with Gasteiger partial charge < -0.3 is 5.32 Å². The van der Waals surface area contributed by atoms with Crippen molar-refractivity contribution in [3.05, 3.63) is 0 Å². The number of nitrogens with one attached hydrogen (secondary N) is 1. The fraction of sp³-hybridized carbons (Fsp3) is 1.00. The summed E-state index contributed by atoms with van der Waals surface area (Å²) in [6, 6.07) is 0. The zero-order chi connectivity index (χ0) is 8.66. The van der Waals surface area contributed by atoms with Gasteiger partial charge in [-0.05, 0) is 44.9 Å². The largest absolute Gasteiger partial charge is 0.306 e. The molecule has 0 aliphatic carbocycles. The molecule has 2 rings (SSSR count). The standard InChI is InChI=1S/C11H21N/c1-3-10-6-5-7-11(4-2,12-10)9-8-10/h12H,3-9H2,1-2H3/t10-,11+. The first-order valence-corrected chi connectivity index (χ1v) is 5.54. The van der Waals surface area contributed by atoms with Crippen LogP contribution >= 0.6 is 0 Å². The molecule has 12 heavy (non-hydrogen) atoms. The second kappa shape index (κ2) is 2.73. The Morgan fingerprint density at radius 1 is 0.917 bits per heavy atom. The summed E-state index contributed by atoms with van der Waals surface area (Å²) in [5.74, 6) is 0. The van der Waals surface area contributed by atoms with Crippen LogP contribution in [0.15, 0.2) is 0 Å². The molecule has 0 amide bonds. The molecule has 0 saturated carbocycles. The van der Waals surface area contributed by atoms with E-state index in [9.17, 15) is 0 Å². The Kier molecular flexibility index (Phi) is 1.95. The van der Waals surface area contributed by atoms with Gasteiger partial charge in [-0.3, -0.25) is 0 Å². The Bertz CT molecular complexity index is 160. The zero-order valence-electron chi connectivity index (χ0n) is 8.45. The molecule has 2 aliphatic heterocycles. The van der Waals surface area contributed by atoms with Gasteiger partial charge >= 0.3 is 0 Å². The first-order valence-electron chi connectivity index (χ1n) is 5.54. The van der Waals surface area contributed by atoms with E-state index in [1.807, 2.05) is 0 Å². The number of hydrogen-bond acceptors (Lipinski definition) is 1. The second-order valence-electron chi connectivity index (χ2n) is 4.75. The highest BCUT2D eigenvalue weighted by Gasteiger charge is 2.47. The minimum Gasteiger partial charge on any atom is -0.306 e. The highest BCUT2D eigenvalue weighted by Crippen LogP contribution is 2.45. The summed E-state index contributed by atoms with van der Waals surface area (Å²) in [7, 11) is 0. The molecule has 2 saturated heterocycles. The van der Waals surface area contributed by atoms with E-state index in [4.69, 9.17) is 0 Å². The van der Waals surface area contributed by atoms with E-state index >= 15 is 0 Å². The first-order chi connectivity index (χ1) is 5.74. The van der Waals surface area contributed by atoms with Crippen LogP contribution in [0, 0.1) is 0 Å². The quantitative estimate of drug-likeness (QED) is 0.667. The van der Waals surface area contributed by atoms with E-state index in [-0.39, 0.29) is 0 Å². The van der Waals surface area contributed by atoms with Crippen molar-refractivity contribution in [1.82, 2.24) is 5.32 Å². The van der Waals surface area contributed by atoms with Crippen molar-refractivity contribution in [2.75, 3.05) is 0 Å². The molecule has 2 heterocycles. The van der Waals surface area contributed by atoms with Crippen LogP contribution < -0.4 is 5.32 Å². The molecule has 2 aliphatic rings. The molecule has 2 atom stereocenters. The van der Waals surface area contributed by atoms with Gasteiger partial charge in [-0.15, -0.1) is 0 Å². The van der Waals surface area contributed by atoms with Gasteiger partial charge in [0.1, 0.15) is 0 Å². The second-order valence-corrected chi connectivity index (χ2v) is 4.75. The highest BCUT2D eigenvalue weighted by molar-refractivity contribution is 5.08. The normalized spacial score (nSPS) is 46.5. The number of fused-ring (bicyclic) bond motifs is 2. The van der Waals surface area contributed by atoms with Gasteiger partial charge in [0.15, 0.2) is 0 Å². The van der Waals surface area contributed by atoms with Gasteiger partial charge in [-0.25, -0.2) is 0 Å². The van der Waals surface area contributed by atoms with Gasteiger partial charge in [0.05, 0.1) is 0 Å². The molecular weight excluding hydrogens is 146 g/mol. The fourth-order valence-electron chi connectivity index (χ4n) is 3.19. The van der Waals surface area contributed by atoms with E-state index in [0.29, 0.717) is 11.1 Å². The van der Waals surface area contributed by atoms with Crippen LogP contribution in [0.5, 0.6) is 0 Å². The lowest BCUT2D eigenvalue weighted by Gasteiger charge is -2.40. The van der Waals surface area contributed by atoms with Crippen LogP contribution in [0.1, 0.15) is 58.8 Å². The predicted octanol–water partition coefficient (Wildman–Crippen LogP) is 2.85. The van der Waals surface area contributed by atoms with Crippen molar-refractivity contribution in [3.63, 3.8) is 0 Å². The molecule has 70 valence electrons. The number of piperidine rings is 1. The molecule has 0 aromatic heterocycles. The molecule has 0 radical (unpaired) electrons. The molecule has 1 N–H and O–H groups in total. The van der Waals surface area contributed by atoms with Crippen molar-refractivity contribution >= 4 is 0 Å². The number of rotatable bonds is 2. The fourth-order valence-corrected chi connectivity index (χ4v) is 3.19. The average Bonchev–Trinajstić information content (AvgIpc) is 2.41. The molecule has 2 fully saturated rings. The lowest BCUT2D eigenvalue weighted by molar-refractivity contribution is 0.195. The van der Waals surface area contributed by atoms with E-state index < -0.39 is 0 Å². The van der Waals surface area contributed by atoms with E-state index in [0.717, 1.165) is 0 Å². The van der Waals surface area contributed by atoms with Crippen LogP contribution in [-0.4, -0.2) is 11.1 Å². The van der Waals surface area contributed by atoms with Crippen molar-refractivity contribution in [2.45, 2.75) is 69.9 Å². The lowest BCUT2D eigenvalue weighted by Crippen LogP contribution is -2.53. The van der Waals surface area contributed by atoms with Gasteiger partial charge in [0, 0.05) is 11.1 Å². The topological polar surface area (TPSA) is 12.0 Å². The molecule has 0 aromatic carbocycles. The van der Waals surface area contributed by atoms with Crippen molar-refractivity contribution < 1.29 is 0 Å². The van der Waals surface area contributed by atoms with Crippen molar-refractivity contribution in [3.8, 4) is 0 Å². The highest BCUT2D eigenvalue weighted by atomic mass is 15.1. The smallest absolute Gasteiger partial charge is 0.0184 e. The summed E-state index contributed by atoms with van der Waals surface area (Å²) in [5, 5.41) is 3.92. The molecular formula is C11H21N. The summed E-state index contributed by atoms with van der Waals surface area (Å²) in [4.78, 5) is 0. The number of hydrogen-bond donors (Lipinski definition) is 1. The van der Waals surface area contributed by atoms with Crippen LogP contribution in [0.4, 0.5) is 0 Å². The Balaban J connectivity index is 2.16. The van der Waals surface area contributed by atoms with Crippen LogP contribution in [0.3, 0.4) is 0 Å². The van der Waals surface area contributed by atoms with Gasteiger partial charge in [0.25, 0.3) is 0 Å². The third-order valence-electron chi connectivity index (χ3n) is 4.28. The molecule has 1 heteroatoms. The SMILES string of the molecule is CC[C@]12CCC[C@](CC)(CC1)N2. The summed E-state index contributed by atoms with van der Waals surface area (Å²) >= 11 is 0. The van der Waals surface area contributed by atoms with E-state index in [1.165, 1.54) is 44.9 Å². The Morgan fingerprint density at radius 2 is 1.42 bits per heavy atom. The van der Waals surface area contributed by atoms with Gasteiger partial charge in [-0.2, -0.15) is 0 Å². The van der Waals surface area contributed by atoms with Crippen molar-refractivity contribution in [2.24, 2.45) is 0 Å². The van der Waals surface area contributed by atoms with Crippen LogP contribution in [0.2, 0.25) is 0 Å². The van der Waals surface area contributed by atoms with E-state index in [1.54, 1.807) is 0 Å². The monoisotopic (exact) mass is 167 g/mol.